The predicted molar refractivity (Wildman–Crippen MR) is 90.4 cm³/mol. The minimum Gasteiger partial charge on any atom is -0.457 e. The van der Waals surface area contributed by atoms with Crippen LogP contribution >= 0.6 is 0 Å². The van der Waals surface area contributed by atoms with Crippen molar-refractivity contribution in [3.8, 4) is 11.5 Å². The highest BCUT2D eigenvalue weighted by atomic mass is 16.5. The maximum atomic E-state index is 9.14. The topological polar surface area (TPSA) is 54.4 Å². The van der Waals surface area contributed by atoms with Gasteiger partial charge >= 0.3 is 0 Å². The van der Waals surface area contributed by atoms with Crippen LogP contribution in [0.25, 0.3) is 0 Å². The third-order valence-electron chi connectivity index (χ3n) is 3.35. The number of aliphatic hydroxyl groups excluding tert-OH is 1. The van der Waals surface area contributed by atoms with Crippen LogP contribution in [-0.2, 0) is 13.2 Å². The normalized spacial score (nSPS) is 10.3. The van der Waals surface area contributed by atoms with Crippen molar-refractivity contribution in [1.29, 1.82) is 0 Å². The van der Waals surface area contributed by atoms with Gasteiger partial charge < -0.3 is 15.2 Å². The molecule has 0 unspecified atom stereocenters. The first-order valence-electron chi connectivity index (χ1n) is 7.44. The Balaban J connectivity index is 1.65. The molecule has 3 aromatic rings. The second kappa shape index (κ2) is 7.42. The lowest BCUT2D eigenvalue weighted by Crippen LogP contribution is -2.01. The SMILES string of the molecule is OCc1cncc(NCc2cccc(Oc3ccccc3)c2)c1. The Hall–Kier alpha value is -2.85. The second-order valence-electron chi connectivity index (χ2n) is 5.16. The van der Waals surface area contributed by atoms with Gasteiger partial charge in [-0.05, 0) is 41.5 Å². The molecule has 0 aliphatic rings. The molecular formula is C19H18N2O2. The number of nitrogens with zero attached hydrogens (tertiary/aromatic N) is 1. The number of aromatic nitrogens is 1. The molecule has 0 bridgehead atoms. The minimum absolute atomic E-state index is 0.0110. The molecule has 0 spiro atoms. The molecule has 0 atom stereocenters. The first kappa shape index (κ1) is 15.1. The molecule has 2 aromatic carbocycles. The van der Waals surface area contributed by atoms with E-state index in [2.05, 4.69) is 10.3 Å². The standard InChI is InChI=1S/C19H18N2O2/c22-14-16-9-17(13-20-11-16)21-12-15-5-4-8-19(10-15)23-18-6-2-1-3-7-18/h1-11,13,21-22H,12,14H2. The Bertz CT molecular complexity index is 760. The molecule has 116 valence electrons. The number of rotatable bonds is 6. The van der Waals surface area contributed by atoms with Gasteiger partial charge in [-0.15, -0.1) is 0 Å². The molecule has 0 radical (unpaired) electrons. The van der Waals surface area contributed by atoms with Crippen LogP contribution in [0.5, 0.6) is 11.5 Å². The Kier molecular flexibility index (Phi) is 4.86. The van der Waals surface area contributed by atoms with Crippen LogP contribution < -0.4 is 10.1 Å². The van der Waals surface area contributed by atoms with E-state index in [1.165, 1.54) is 0 Å². The zero-order valence-corrected chi connectivity index (χ0v) is 12.6. The number of aliphatic hydroxyl groups is 1. The number of nitrogens with one attached hydrogen (secondary N) is 1. The summed E-state index contributed by atoms with van der Waals surface area (Å²) in [6, 6.07) is 19.5. The number of pyridine rings is 1. The van der Waals surface area contributed by atoms with E-state index in [1.54, 1.807) is 12.4 Å². The van der Waals surface area contributed by atoms with Crippen LogP contribution in [0.1, 0.15) is 11.1 Å². The molecule has 4 heteroatoms. The molecule has 23 heavy (non-hydrogen) atoms. The van der Waals surface area contributed by atoms with E-state index in [-0.39, 0.29) is 6.61 Å². The molecule has 0 amide bonds. The monoisotopic (exact) mass is 306 g/mol. The van der Waals surface area contributed by atoms with Crippen molar-refractivity contribution in [1.82, 2.24) is 4.98 Å². The maximum Gasteiger partial charge on any atom is 0.127 e. The van der Waals surface area contributed by atoms with Gasteiger partial charge in [-0.3, -0.25) is 4.98 Å². The van der Waals surface area contributed by atoms with Gasteiger partial charge in [0.05, 0.1) is 12.3 Å². The number of hydrogen-bond acceptors (Lipinski definition) is 4. The largest absolute Gasteiger partial charge is 0.457 e. The lowest BCUT2D eigenvalue weighted by molar-refractivity contribution is 0.281. The van der Waals surface area contributed by atoms with Crippen molar-refractivity contribution < 1.29 is 9.84 Å². The van der Waals surface area contributed by atoms with Crippen molar-refractivity contribution >= 4 is 5.69 Å². The van der Waals surface area contributed by atoms with Crippen molar-refractivity contribution in [2.45, 2.75) is 13.2 Å². The molecular weight excluding hydrogens is 288 g/mol. The molecule has 1 aromatic heterocycles. The molecule has 4 nitrogen and oxygen atoms in total. The Morgan fingerprint density at radius 3 is 2.52 bits per heavy atom. The highest BCUT2D eigenvalue weighted by molar-refractivity contribution is 5.44. The zero-order chi connectivity index (χ0) is 15.9. The molecule has 1 heterocycles. The summed E-state index contributed by atoms with van der Waals surface area (Å²) in [6.45, 7) is 0.644. The smallest absolute Gasteiger partial charge is 0.127 e. The predicted octanol–water partition coefficient (Wildman–Crippen LogP) is 3.98. The van der Waals surface area contributed by atoms with Crippen molar-refractivity contribution in [2.75, 3.05) is 5.32 Å². The molecule has 3 rings (SSSR count). The molecule has 0 saturated heterocycles. The third-order valence-corrected chi connectivity index (χ3v) is 3.35. The number of para-hydroxylation sites is 1. The summed E-state index contributed by atoms with van der Waals surface area (Å²) in [5, 5.41) is 12.4. The highest BCUT2D eigenvalue weighted by Crippen LogP contribution is 2.22. The number of anilines is 1. The van der Waals surface area contributed by atoms with Crippen LogP contribution in [0, 0.1) is 0 Å². The summed E-state index contributed by atoms with van der Waals surface area (Å²) in [5.41, 5.74) is 2.77. The van der Waals surface area contributed by atoms with E-state index < -0.39 is 0 Å². The fourth-order valence-electron chi connectivity index (χ4n) is 2.22. The summed E-state index contributed by atoms with van der Waals surface area (Å²) < 4.78 is 5.83. The van der Waals surface area contributed by atoms with Gasteiger partial charge in [0.2, 0.25) is 0 Å². The fourth-order valence-corrected chi connectivity index (χ4v) is 2.22. The lowest BCUT2D eigenvalue weighted by atomic mass is 10.2. The van der Waals surface area contributed by atoms with Crippen LogP contribution in [0.4, 0.5) is 5.69 Å². The second-order valence-corrected chi connectivity index (χ2v) is 5.16. The number of hydrogen-bond donors (Lipinski definition) is 2. The average Bonchev–Trinajstić information content (AvgIpc) is 2.61. The van der Waals surface area contributed by atoms with E-state index in [1.807, 2.05) is 60.7 Å². The molecule has 0 aliphatic heterocycles. The van der Waals surface area contributed by atoms with E-state index in [4.69, 9.17) is 9.84 Å². The summed E-state index contributed by atoms with van der Waals surface area (Å²) in [6.07, 6.45) is 3.39. The van der Waals surface area contributed by atoms with Crippen LogP contribution in [0.2, 0.25) is 0 Å². The molecule has 0 saturated carbocycles. The Morgan fingerprint density at radius 1 is 0.870 bits per heavy atom. The van der Waals surface area contributed by atoms with Gasteiger partial charge in [-0.2, -0.15) is 0 Å². The van der Waals surface area contributed by atoms with Crippen molar-refractivity contribution in [3.63, 3.8) is 0 Å². The first-order chi connectivity index (χ1) is 11.3. The van der Waals surface area contributed by atoms with E-state index in [0.29, 0.717) is 6.54 Å². The van der Waals surface area contributed by atoms with Crippen LogP contribution in [0.15, 0.2) is 73.1 Å². The van der Waals surface area contributed by atoms with E-state index in [9.17, 15) is 0 Å². The molecule has 2 N–H and O–H groups in total. The minimum atomic E-state index is -0.0110. The third kappa shape index (κ3) is 4.31. The van der Waals surface area contributed by atoms with Crippen LogP contribution in [-0.4, -0.2) is 10.1 Å². The van der Waals surface area contributed by atoms with Gasteiger partial charge in [0.1, 0.15) is 11.5 Å². The summed E-state index contributed by atoms with van der Waals surface area (Å²) in [5.74, 6) is 1.62. The Morgan fingerprint density at radius 2 is 1.70 bits per heavy atom. The fraction of sp³-hybridized carbons (Fsp3) is 0.105. The molecule has 0 fully saturated rings. The summed E-state index contributed by atoms with van der Waals surface area (Å²) in [4.78, 5) is 4.09. The van der Waals surface area contributed by atoms with Crippen molar-refractivity contribution in [2.24, 2.45) is 0 Å². The van der Waals surface area contributed by atoms with Gasteiger partial charge in [0, 0.05) is 18.9 Å². The maximum absolute atomic E-state index is 9.14. The average molecular weight is 306 g/mol. The van der Waals surface area contributed by atoms with Crippen LogP contribution in [0.3, 0.4) is 0 Å². The van der Waals surface area contributed by atoms with Gasteiger partial charge in [0.25, 0.3) is 0 Å². The van der Waals surface area contributed by atoms with E-state index >= 15 is 0 Å². The highest BCUT2D eigenvalue weighted by Gasteiger charge is 2.00. The number of benzene rings is 2. The van der Waals surface area contributed by atoms with E-state index in [0.717, 1.165) is 28.3 Å². The Labute approximate surface area is 135 Å². The summed E-state index contributed by atoms with van der Waals surface area (Å²) in [7, 11) is 0. The zero-order valence-electron chi connectivity index (χ0n) is 12.6. The number of ether oxygens (including phenoxy) is 1. The quantitative estimate of drug-likeness (QED) is 0.723. The lowest BCUT2D eigenvalue weighted by Gasteiger charge is -2.10. The van der Waals surface area contributed by atoms with Gasteiger partial charge in [-0.25, -0.2) is 0 Å². The van der Waals surface area contributed by atoms with Gasteiger partial charge in [0.15, 0.2) is 0 Å². The molecule has 0 aliphatic carbocycles. The first-order valence-corrected chi connectivity index (χ1v) is 7.44. The summed E-state index contributed by atoms with van der Waals surface area (Å²) >= 11 is 0. The van der Waals surface area contributed by atoms with Gasteiger partial charge in [-0.1, -0.05) is 30.3 Å². The van der Waals surface area contributed by atoms with Crippen molar-refractivity contribution in [3.05, 3.63) is 84.2 Å².